The van der Waals surface area contributed by atoms with Crippen molar-refractivity contribution in [2.45, 2.75) is 6.54 Å². The molecule has 0 unspecified atom stereocenters. The largest absolute Gasteiger partial charge is 0.497 e. The van der Waals surface area contributed by atoms with E-state index in [4.69, 9.17) is 9.26 Å². The van der Waals surface area contributed by atoms with E-state index in [1.165, 1.54) is 4.68 Å². The van der Waals surface area contributed by atoms with E-state index < -0.39 is 0 Å². The Morgan fingerprint density at radius 2 is 2.04 bits per heavy atom. The molecule has 124 valence electrons. The Morgan fingerprint density at radius 3 is 2.92 bits per heavy atom. The monoisotopic (exact) mass is 334 g/mol. The molecule has 0 radical (unpaired) electrons. The van der Waals surface area contributed by atoms with Crippen LogP contribution < -0.4 is 10.3 Å². The van der Waals surface area contributed by atoms with Crippen molar-refractivity contribution in [2.24, 2.45) is 0 Å². The van der Waals surface area contributed by atoms with Gasteiger partial charge in [-0.2, -0.15) is 10.1 Å². The maximum Gasteiger partial charge on any atom is 0.275 e. The lowest BCUT2D eigenvalue weighted by Crippen LogP contribution is -2.23. The molecular weight excluding hydrogens is 320 g/mol. The summed E-state index contributed by atoms with van der Waals surface area (Å²) >= 11 is 0. The molecule has 0 saturated heterocycles. The van der Waals surface area contributed by atoms with Crippen molar-refractivity contribution in [2.75, 3.05) is 7.11 Å². The van der Waals surface area contributed by atoms with Crippen LogP contribution in [0, 0.1) is 0 Å². The molecule has 0 saturated carbocycles. The Kier molecular flexibility index (Phi) is 3.74. The number of fused-ring (bicyclic) bond motifs is 1. The Morgan fingerprint density at radius 1 is 1.16 bits per heavy atom. The van der Waals surface area contributed by atoms with Gasteiger partial charge in [-0.25, -0.2) is 4.68 Å². The summed E-state index contributed by atoms with van der Waals surface area (Å²) in [7, 11) is 1.60. The molecule has 2 aromatic carbocycles. The fourth-order valence-corrected chi connectivity index (χ4v) is 2.57. The SMILES string of the molecule is COc1cccc(-c2noc(Cn3ncc4ccccc4c3=O)n2)c1. The number of nitrogens with zero attached hydrogens (tertiary/aromatic N) is 4. The molecule has 2 heterocycles. The van der Waals surface area contributed by atoms with E-state index in [1.807, 2.05) is 42.5 Å². The topological polar surface area (TPSA) is 83.0 Å². The van der Waals surface area contributed by atoms with Gasteiger partial charge in [-0.05, 0) is 18.2 Å². The molecule has 0 spiro atoms. The van der Waals surface area contributed by atoms with Gasteiger partial charge >= 0.3 is 0 Å². The quantitative estimate of drug-likeness (QED) is 0.570. The van der Waals surface area contributed by atoms with Gasteiger partial charge in [0.15, 0.2) is 0 Å². The molecule has 0 bridgehead atoms. The van der Waals surface area contributed by atoms with Gasteiger partial charge in [0.2, 0.25) is 11.7 Å². The first-order valence-corrected chi connectivity index (χ1v) is 7.66. The average Bonchev–Trinajstić information content (AvgIpc) is 3.13. The van der Waals surface area contributed by atoms with Gasteiger partial charge in [0.05, 0.1) is 18.7 Å². The Bertz CT molecular complexity index is 1100. The number of hydrogen-bond acceptors (Lipinski definition) is 6. The predicted molar refractivity (Wildman–Crippen MR) is 91.4 cm³/mol. The molecule has 7 nitrogen and oxygen atoms in total. The van der Waals surface area contributed by atoms with Crippen molar-refractivity contribution in [3.8, 4) is 17.1 Å². The third kappa shape index (κ3) is 2.87. The van der Waals surface area contributed by atoms with E-state index in [0.717, 1.165) is 10.9 Å². The second-order valence-electron chi connectivity index (χ2n) is 5.44. The number of benzene rings is 2. The standard InChI is InChI=1S/C18H14N4O3/c1-24-14-7-4-6-12(9-14)17-20-16(25-21-17)11-22-18(23)15-8-3-2-5-13(15)10-19-22/h2-10H,11H2,1H3. The molecule has 0 aliphatic heterocycles. The van der Waals surface area contributed by atoms with Crippen LogP contribution in [-0.4, -0.2) is 27.0 Å². The minimum Gasteiger partial charge on any atom is -0.497 e. The second kappa shape index (κ2) is 6.20. The highest BCUT2D eigenvalue weighted by molar-refractivity contribution is 5.80. The maximum atomic E-state index is 12.5. The van der Waals surface area contributed by atoms with Crippen molar-refractivity contribution >= 4 is 10.8 Å². The van der Waals surface area contributed by atoms with Crippen molar-refractivity contribution in [1.82, 2.24) is 19.9 Å². The van der Waals surface area contributed by atoms with Gasteiger partial charge in [-0.15, -0.1) is 0 Å². The fourth-order valence-electron chi connectivity index (χ4n) is 2.57. The van der Waals surface area contributed by atoms with Gasteiger partial charge < -0.3 is 9.26 Å². The summed E-state index contributed by atoms with van der Waals surface area (Å²) in [5.41, 5.74) is 0.576. The average molecular weight is 334 g/mol. The molecule has 4 aromatic rings. The highest BCUT2D eigenvalue weighted by atomic mass is 16.5. The van der Waals surface area contributed by atoms with Gasteiger partial charge in [0.25, 0.3) is 5.56 Å². The summed E-state index contributed by atoms with van der Waals surface area (Å²) < 4.78 is 11.8. The van der Waals surface area contributed by atoms with Crippen LogP contribution in [0.3, 0.4) is 0 Å². The summed E-state index contributed by atoms with van der Waals surface area (Å²) in [5, 5.41) is 9.53. The normalized spacial score (nSPS) is 10.9. The van der Waals surface area contributed by atoms with Gasteiger partial charge in [0, 0.05) is 10.9 Å². The number of aromatic nitrogens is 4. The lowest BCUT2D eigenvalue weighted by molar-refractivity contribution is 0.363. The smallest absolute Gasteiger partial charge is 0.275 e. The molecule has 0 N–H and O–H groups in total. The summed E-state index contributed by atoms with van der Waals surface area (Å²) in [5.74, 6) is 1.45. The van der Waals surface area contributed by atoms with E-state index in [1.54, 1.807) is 19.4 Å². The van der Waals surface area contributed by atoms with Crippen LogP contribution >= 0.6 is 0 Å². The van der Waals surface area contributed by atoms with Crippen LogP contribution in [0.15, 0.2) is 64.0 Å². The second-order valence-corrected chi connectivity index (χ2v) is 5.44. The van der Waals surface area contributed by atoms with E-state index in [2.05, 4.69) is 15.2 Å². The van der Waals surface area contributed by atoms with Crippen LogP contribution in [0.2, 0.25) is 0 Å². The first kappa shape index (κ1) is 15.1. The van der Waals surface area contributed by atoms with Crippen molar-refractivity contribution < 1.29 is 9.26 Å². The van der Waals surface area contributed by atoms with E-state index >= 15 is 0 Å². The van der Waals surface area contributed by atoms with Crippen LogP contribution in [-0.2, 0) is 6.54 Å². The van der Waals surface area contributed by atoms with Crippen LogP contribution in [0.4, 0.5) is 0 Å². The lowest BCUT2D eigenvalue weighted by Gasteiger charge is -2.02. The van der Waals surface area contributed by atoms with E-state index in [-0.39, 0.29) is 12.1 Å². The van der Waals surface area contributed by atoms with Crippen molar-refractivity contribution in [1.29, 1.82) is 0 Å². The highest BCUT2D eigenvalue weighted by Gasteiger charge is 2.12. The molecule has 0 fully saturated rings. The van der Waals surface area contributed by atoms with E-state index in [9.17, 15) is 4.79 Å². The summed E-state index contributed by atoms with van der Waals surface area (Å²) in [6, 6.07) is 14.7. The Labute approximate surface area is 142 Å². The molecule has 2 aromatic heterocycles. The van der Waals surface area contributed by atoms with Crippen molar-refractivity contribution in [3.63, 3.8) is 0 Å². The molecular formula is C18H14N4O3. The molecule has 0 aliphatic rings. The lowest BCUT2D eigenvalue weighted by atomic mass is 10.2. The van der Waals surface area contributed by atoms with Gasteiger partial charge in [-0.3, -0.25) is 4.79 Å². The Hall–Kier alpha value is -3.48. The third-order valence-electron chi connectivity index (χ3n) is 3.84. The molecule has 25 heavy (non-hydrogen) atoms. The molecule has 0 atom stereocenters. The zero-order valence-corrected chi connectivity index (χ0v) is 13.4. The molecule has 4 rings (SSSR count). The van der Waals surface area contributed by atoms with Gasteiger partial charge in [-0.1, -0.05) is 35.5 Å². The Balaban J connectivity index is 1.65. The zero-order valence-electron chi connectivity index (χ0n) is 13.4. The highest BCUT2D eigenvalue weighted by Crippen LogP contribution is 2.21. The summed E-state index contributed by atoms with van der Waals surface area (Å²) in [6.45, 7) is 0.112. The minimum atomic E-state index is -0.195. The molecule has 0 amide bonds. The summed E-state index contributed by atoms with van der Waals surface area (Å²) in [6.07, 6.45) is 1.65. The van der Waals surface area contributed by atoms with Crippen LogP contribution in [0.5, 0.6) is 5.75 Å². The minimum absolute atomic E-state index is 0.112. The van der Waals surface area contributed by atoms with E-state index in [0.29, 0.717) is 22.9 Å². The summed E-state index contributed by atoms with van der Waals surface area (Å²) in [4.78, 5) is 16.8. The number of ether oxygens (including phenoxy) is 1. The molecule has 0 aliphatic carbocycles. The third-order valence-corrected chi connectivity index (χ3v) is 3.84. The van der Waals surface area contributed by atoms with Gasteiger partial charge in [0.1, 0.15) is 12.3 Å². The van der Waals surface area contributed by atoms with Crippen LogP contribution in [0.1, 0.15) is 5.89 Å². The predicted octanol–water partition coefficient (Wildman–Crippen LogP) is 2.50. The fraction of sp³-hybridized carbons (Fsp3) is 0.111. The van der Waals surface area contributed by atoms with Crippen molar-refractivity contribution in [3.05, 3.63) is 71.0 Å². The number of rotatable bonds is 4. The first-order valence-electron chi connectivity index (χ1n) is 7.66. The van der Waals surface area contributed by atoms with Crippen LogP contribution in [0.25, 0.3) is 22.2 Å². The maximum absolute atomic E-state index is 12.5. The number of methoxy groups -OCH3 is 1. The first-order chi connectivity index (χ1) is 12.2. The number of hydrogen-bond donors (Lipinski definition) is 0. The zero-order chi connectivity index (χ0) is 17.2. The molecule has 7 heteroatoms.